The minimum Gasteiger partial charge on any atom is -0.504 e. The van der Waals surface area contributed by atoms with Gasteiger partial charge in [0.1, 0.15) is 0 Å². The molecule has 0 unspecified atom stereocenters. The van der Waals surface area contributed by atoms with Crippen LogP contribution in [0.3, 0.4) is 0 Å². The van der Waals surface area contributed by atoms with E-state index in [-0.39, 0.29) is 12.2 Å². The highest BCUT2D eigenvalue weighted by Gasteiger charge is 2.02. The fourth-order valence-electron chi connectivity index (χ4n) is 0.830. The quantitative estimate of drug-likeness (QED) is 0.639. The number of phenols is 1. The molecule has 0 saturated carbocycles. The Morgan fingerprint density at radius 1 is 1.38 bits per heavy atom. The van der Waals surface area contributed by atoms with E-state index in [0.29, 0.717) is 6.42 Å². The molecule has 0 aliphatic heterocycles. The van der Waals surface area contributed by atoms with Gasteiger partial charge < -0.3 is 10.2 Å². The molecule has 2 N–H and O–H groups in total. The molecule has 0 radical (unpaired) electrons. The van der Waals surface area contributed by atoms with Gasteiger partial charge in [0.05, 0.1) is 12.2 Å². The number of hydrogen-bond donors (Lipinski definition) is 2. The van der Waals surface area contributed by atoms with Crippen LogP contribution in [0.5, 0.6) is 5.75 Å². The maximum absolute atomic E-state index is 12.7. The zero-order valence-corrected chi connectivity index (χ0v) is 6.92. The van der Waals surface area contributed by atoms with E-state index in [4.69, 9.17) is 10.2 Å². The third-order valence-corrected chi connectivity index (χ3v) is 1.45. The minimum absolute atomic E-state index is 0.0386. The van der Waals surface area contributed by atoms with Gasteiger partial charge in [-0.3, -0.25) is 0 Å². The molecule has 0 atom stereocenters. The monoisotopic (exact) mass is 180 g/mol. The SMILES string of the molecule is OCCC#Cc1cccc(F)c1O. The molecule has 3 heteroatoms. The van der Waals surface area contributed by atoms with E-state index in [0.717, 1.165) is 6.07 Å². The van der Waals surface area contributed by atoms with Crippen molar-refractivity contribution in [2.45, 2.75) is 6.42 Å². The molecular weight excluding hydrogens is 171 g/mol. The van der Waals surface area contributed by atoms with Gasteiger partial charge in [0.25, 0.3) is 0 Å². The fraction of sp³-hybridized carbons (Fsp3) is 0.200. The molecule has 1 aromatic carbocycles. The first-order chi connectivity index (χ1) is 6.25. The molecule has 0 aromatic heterocycles. The molecule has 0 bridgehead atoms. The first kappa shape index (κ1) is 9.56. The van der Waals surface area contributed by atoms with E-state index in [1.165, 1.54) is 12.1 Å². The van der Waals surface area contributed by atoms with Crippen molar-refractivity contribution in [3.05, 3.63) is 29.6 Å². The molecule has 2 nitrogen and oxygen atoms in total. The first-order valence-electron chi connectivity index (χ1n) is 3.83. The van der Waals surface area contributed by atoms with Crippen LogP contribution in [-0.2, 0) is 0 Å². The second-order valence-electron chi connectivity index (χ2n) is 2.41. The largest absolute Gasteiger partial charge is 0.504 e. The summed E-state index contributed by atoms with van der Waals surface area (Å²) in [6, 6.07) is 4.15. The van der Waals surface area contributed by atoms with E-state index in [2.05, 4.69) is 11.8 Å². The first-order valence-corrected chi connectivity index (χ1v) is 3.83. The van der Waals surface area contributed by atoms with Crippen molar-refractivity contribution >= 4 is 0 Å². The molecule has 68 valence electrons. The van der Waals surface area contributed by atoms with Gasteiger partial charge >= 0.3 is 0 Å². The number of halogens is 1. The van der Waals surface area contributed by atoms with Crippen LogP contribution in [0.15, 0.2) is 18.2 Å². The van der Waals surface area contributed by atoms with Crippen LogP contribution in [0, 0.1) is 17.7 Å². The van der Waals surface area contributed by atoms with Crippen molar-refractivity contribution in [1.82, 2.24) is 0 Å². The predicted octanol–water partition coefficient (Wildman–Crippen LogP) is 1.27. The van der Waals surface area contributed by atoms with Crippen molar-refractivity contribution in [1.29, 1.82) is 0 Å². The Labute approximate surface area is 75.6 Å². The Bertz CT molecular complexity index is 350. The summed E-state index contributed by atoms with van der Waals surface area (Å²) in [6.45, 7) is -0.0386. The molecule has 1 rings (SSSR count). The highest BCUT2D eigenvalue weighted by Crippen LogP contribution is 2.19. The van der Waals surface area contributed by atoms with Gasteiger partial charge in [-0.05, 0) is 12.1 Å². The molecule has 0 saturated heterocycles. The summed E-state index contributed by atoms with van der Waals surface area (Å²) >= 11 is 0. The molecule has 0 fully saturated rings. The van der Waals surface area contributed by atoms with Crippen LogP contribution in [0.25, 0.3) is 0 Å². The van der Waals surface area contributed by atoms with Crippen LogP contribution >= 0.6 is 0 Å². The van der Waals surface area contributed by atoms with Gasteiger partial charge in [0, 0.05) is 6.42 Å². The average Bonchev–Trinajstić information content (AvgIpc) is 2.13. The summed E-state index contributed by atoms with van der Waals surface area (Å²) in [6.07, 6.45) is 0.315. The highest BCUT2D eigenvalue weighted by atomic mass is 19.1. The third-order valence-electron chi connectivity index (χ3n) is 1.45. The molecule has 0 aliphatic carbocycles. The Hall–Kier alpha value is -1.53. The van der Waals surface area contributed by atoms with Crippen LogP contribution < -0.4 is 0 Å². The van der Waals surface area contributed by atoms with E-state index in [1.54, 1.807) is 0 Å². The zero-order chi connectivity index (χ0) is 9.68. The third kappa shape index (κ3) is 2.46. The number of hydrogen-bond acceptors (Lipinski definition) is 2. The zero-order valence-electron chi connectivity index (χ0n) is 6.92. The van der Waals surface area contributed by atoms with Crippen molar-refractivity contribution in [3.63, 3.8) is 0 Å². The van der Waals surface area contributed by atoms with Crippen LogP contribution in [0.4, 0.5) is 4.39 Å². The Balaban J connectivity index is 2.91. The van der Waals surface area contributed by atoms with Gasteiger partial charge in [-0.15, -0.1) is 0 Å². The lowest BCUT2D eigenvalue weighted by molar-refractivity contribution is 0.305. The Morgan fingerprint density at radius 2 is 2.15 bits per heavy atom. The summed E-state index contributed by atoms with van der Waals surface area (Å²) in [4.78, 5) is 0. The van der Waals surface area contributed by atoms with Crippen LogP contribution in [0.1, 0.15) is 12.0 Å². The van der Waals surface area contributed by atoms with E-state index in [1.807, 2.05) is 0 Å². The van der Waals surface area contributed by atoms with Gasteiger partial charge in [-0.25, -0.2) is 4.39 Å². The summed E-state index contributed by atoms with van der Waals surface area (Å²) in [5.74, 6) is 4.03. The van der Waals surface area contributed by atoms with Gasteiger partial charge in [0.15, 0.2) is 11.6 Å². The number of aliphatic hydroxyl groups is 1. The second kappa shape index (κ2) is 4.48. The molecule has 1 aromatic rings. The molecule has 0 aliphatic rings. The normalized spacial score (nSPS) is 9.08. The molecule has 0 heterocycles. The maximum Gasteiger partial charge on any atom is 0.167 e. The Kier molecular flexibility index (Phi) is 3.30. The number of rotatable bonds is 1. The van der Waals surface area contributed by atoms with Crippen molar-refractivity contribution in [2.24, 2.45) is 0 Å². The summed E-state index contributed by atoms with van der Waals surface area (Å²) in [7, 11) is 0. The van der Waals surface area contributed by atoms with Crippen LogP contribution in [0.2, 0.25) is 0 Å². The summed E-state index contributed by atoms with van der Waals surface area (Å²) in [5, 5.41) is 17.6. The Morgan fingerprint density at radius 3 is 2.85 bits per heavy atom. The lowest BCUT2D eigenvalue weighted by Crippen LogP contribution is -1.82. The molecular formula is C10H9FO2. The van der Waals surface area contributed by atoms with Crippen molar-refractivity contribution in [2.75, 3.05) is 6.61 Å². The summed E-state index contributed by atoms with van der Waals surface area (Å²) < 4.78 is 12.7. The number of para-hydroxylation sites is 1. The lowest BCUT2D eigenvalue weighted by Gasteiger charge is -1.96. The van der Waals surface area contributed by atoms with Crippen molar-refractivity contribution < 1.29 is 14.6 Å². The summed E-state index contributed by atoms with van der Waals surface area (Å²) in [5.41, 5.74) is 0.244. The van der Waals surface area contributed by atoms with Crippen molar-refractivity contribution in [3.8, 4) is 17.6 Å². The number of benzene rings is 1. The van der Waals surface area contributed by atoms with E-state index < -0.39 is 11.6 Å². The predicted molar refractivity (Wildman–Crippen MR) is 46.6 cm³/mol. The van der Waals surface area contributed by atoms with Gasteiger partial charge in [-0.2, -0.15) is 0 Å². The molecule has 0 spiro atoms. The van der Waals surface area contributed by atoms with Crippen LogP contribution in [-0.4, -0.2) is 16.8 Å². The molecule has 0 amide bonds. The van der Waals surface area contributed by atoms with E-state index >= 15 is 0 Å². The fourth-order valence-corrected chi connectivity index (χ4v) is 0.830. The topological polar surface area (TPSA) is 40.5 Å². The van der Waals surface area contributed by atoms with Gasteiger partial charge in [0.2, 0.25) is 0 Å². The number of aromatic hydroxyl groups is 1. The maximum atomic E-state index is 12.7. The molecule has 13 heavy (non-hydrogen) atoms. The lowest BCUT2D eigenvalue weighted by atomic mass is 10.2. The van der Waals surface area contributed by atoms with Gasteiger partial charge in [-0.1, -0.05) is 17.9 Å². The number of phenolic OH excluding ortho intramolecular Hbond substituents is 1. The standard InChI is InChI=1S/C10H9FO2/c11-9-6-3-5-8(10(9)13)4-1-2-7-12/h3,5-6,12-13H,2,7H2. The second-order valence-corrected chi connectivity index (χ2v) is 2.41. The highest BCUT2D eigenvalue weighted by molar-refractivity contribution is 5.45. The average molecular weight is 180 g/mol. The van der Waals surface area contributed by atoms with E-state index in [9.17, 15) is 4.39 Å². The number of aliphatic hydroxyl groups excluding tert-OH is 1. The minimum atomic E-state index is -0.684. The smallest absolute Gasteiger partial charge is 0.167 e.